The van der Waals surface area contributed by atoms with Crippen LogP contribution in [0.3, 0.4) is 0 Å². The molecule has 2 heterocycles. The van der Waals surface area contributed by atoms with Gasteiger partial charge in [-0.3, -0.25) is 14.6 Å². The molecule has 0 N–H and O–H groups in total. The van der Waals surface area contributed by atoms with E-state index in [1.54, 1.807) is 33.3 Å². The zero-order valence-corrected chi connectivity index (χ0v) is 21.5. The largest absolute Gasteiger partial charge is 0.493 e. The molecule has 2 fully saturated rings. The summed E-state index contributed by atoms with van der Waals surface area (Å²) in [6.45, 7) is 2.94. The minimum atomic E-state index is -0.848. The fourth-order valence-electron chi connectivity index (χ4n) is 5.24. The zero-order valence-electron chi connectivity index (χ0n) is 21.5. The Morgan fingerprint density at radius 1 is 0.833 bits per heavy atom. The smallest absolute Gasteiger partial charge is 0.328 e. The fourth-order valence-corrected chi connectivity index (χ4v) is 5.24. The van der Waals surface area contributed by atoms with Crippen LogP contribution in [0.15, 0.2) is 42.5 Å². The van der Waals surface area contributed by atoms with Crippen LogP contribution in [-0.4, -0.2) is 86.9 Å². The van der Waals surface area contributed by atoms with E-state index in [4.69, 9.17) is 18.9 Å². The van der Waals surface area contributed by atoms with Gasteiger partial charge in [0.1, 0.15) is 5.54 Å². The highest BCUT2D eigenvalue weighted by molar-refractivity contribution is 6.07. The lowest BCUT2D eigenvalue weighted by atomic mass is 9.85. The third-order valence-corrected chi connectivity index (χ3v) is 7.19. The molecular formula is C27H35N3O6. The number of rotatable bonds is 10. The Bertz CT molecular complexity index is 1070. The molecule has 0 aliphatic carbocycles. The van der Waals surface area contributed by atoms with Gasteiger partial charge in [0.25, 0.3) is 5.91 Å². The second-order valence-corrected chi connectivity index (χ2v) is 9.11. The van der Waals surface area contributed by atoms with Crippen LogP contribution in [0.4, 0.5) is 4.79 Å². The number of hydrogen-bond acceptors (Lipinski definition) is 7. The van der Waals surface area contributed by atoms with Crippen LogP contribution in [0.2, 0.25) is 0 Å². The number of amides is 3. The third kappa shape index (κ3) is 4.73. The first-order chi connectivity index (χ1) is 17.5. The van der Waals surface area contributed by atoms with Gasteiger partial charge in [0.15, 0.2) is 11.5 Å². The zero-order chi connectivity index (χ0) is 25.7. The van der Waals surface area contributed by atoms with E-state index < -0.39 is 5.54 Å². The van der Waals surface area contributed by atoms with Crippen molar-refractivity contribution in [1.82, 2.24) is 14.7 Å². The molecular weight excluding hydrogens is 462 g/mol. The lowest BCUT2D eigenvalue weighted by Gasteiger charge is -2.42. The normalized spacial score (nSPS) is 17.7. The molecule has 2 aromatic rings. The second-order valence-electron chi connectivity index (χ2n) is 9.11. The minimum Gasteiger partial charge on any atom is -0.493 e. The number of urea groups is 1. The summed E-state index contributed by atoms with van der Waals surface area (Å²) in [4.78, 5) is 32.5. The number of likely N-dealkylation sites (tertiary alicyclic amines) is 1. The van der Waals surface area contributed by atoms with Crippen molar-refractivity contribution in [1.29, 1.82) is 0 Å². The summed E-state index contributed by atoms with van der Waals surface area (Å²) in [5, 5.41) is 0. The Kier molecular flexibility index (Phi) is 8.01. The van der Waals surface area contributed by atoms with Crippen LogP contribution in [-0.2, 0) is 22.6 Å². The molecule has 2 aliphatic rings. The summed E-state index contributed by atoms with van der Waals surface area (Å²) in [6.07, 6.45) is 1.12. The SMILES string of the molecule is COCCN1C(=O)N(Cc2ccccc2)C2(CCN(Cc3ccc(OC)c(OC)c3OC)CC2)C1=O. The number of methoxy groups -OCH3 is 4. The molecule has 194 valence electrons. The summed E-state index contributed by atoms with van der Waals surface area (Å²) in [6, 6.07) is 13.4. The average Bonchev–Trinajstić information content (AvgIpc) is 3.09. The molecule has 36 heavy (non-hydrogen) atoms. The molecule has 9 nitrogen and oxygen atoms in total. The van der Waals surface area contributed by atoms with E-state index in [9.17, 15) is 9.59 Å². The van der Waals surface area contributed by atoms with Gasteiger partial charge >= 0.3 is 6.03 Å². The Morgan fingerprint density at radius 2 is 1.53 bits per heavy atom. The van der Waals surface area contributed by atoms with Crippen molar-refractivity contribution < 1.29 is 28.5 Å². The topological polar surface area (TPSA) is 80.8 Å². The predicted molar refractivity (Wildman–Crippen MR) is 134 cm³/mol. The van der Waals surface area contributed by atoms with Crippen LogP contribution >= 0.6 is 0 Å². The Labute approximate surface area is 212 Å². The lowest BCUT2D eigenvalue weighted by molar-refractivity contribution is -0.136. The Hall–Kier alpha value is -3.30. The van der Waals surface area contributed by atoms with Crippen molar-refractivity contribution in [3.63, 3.8) is 0 Å². The molecule has 2 aromatic carbocycles. The summed E-state index contributed by atoms with van der Waals surface area (Å²) < 4.78 is 21.8. The first-order valence-electron chi connectivity index (χ1n) is 12.2. The molecule has 9 heteroatoms. The molecule has 2 aliphatic heterocycles. The van der Waals surface area contributed by atoms with Gasteiger partial charge < -0.3 is 23.8 Å². The van der Waals surface area contributed by atoms with E-state index in [2.05, 4.69) is 4.90 Å². The summed E-state index contributed by atoms with van der Waals surface area (Å²) >= 11 is 0. The Morgan fingerprint density at radius 3 is 2.14 bits per heavy atom. The van der Waals surface area contributed by atoms with Gasteiger partial charge in [-0.25, -0.2) is 4.79 Å². The maximum atomic E-state index is 13.7. The van der Waals surface area contributed by atoms with E-state index in [0.29, 0.717) is 62.9 Å². The summed E-state index contributed by atoms with van der Waals surface area (Å²) in [5.74, 6) is 1.69. The van der Waals surface area contributed by atoms with E-state index in [-0.39, 0.29) is 18.5 Å². The van der Waals surface area contributed by atoms with E-state index in [1.165, 1.54) is 4.90 Å². The van der Waals surface area contributed by atoms with Gasteiger partial charge in [0.2, 0.25) is 5.75 Å². The monoisotopic (exact) mass is 497 g/mol. The molecule has 3 amide bonds. The number of benzene rings is 2. The number of nitrogens with zero attached hydrogens (tertiary/aromatic N) is 3. The lowest BCUT2D eigenvalue weighted by Crippen LogP contribution is -2.56. The van der Waals surface area contributed by atoms with Crippen LogP contribution in [0.25, 0.3) is 0 Å². The maximum Gasteiger partial charge on any atom is 0.328 e. The van der Waals surface area contributed by atoms with Crippen LogP contribution < -0.4 is 14.2 Å². The van der Waals surface area contributed by atoms with Crippen LogP contribution in [0, 0.1) is 0 Å². The van der Waals surface area contributed by atoms with Gasteiger partial charge in [0, 0.05) is 38.9 Å². The number of ether oxygens (including phenoxy) is 4. The number of piperidine rings is 1. The highest BCUT2D eigenvalue weighted by atomic mass is 16.5. The van der Waals surface area contributed by atoms with E-state index >= 15 is 0 Å². The van der Waals surface area contributed by atoms with Gasteiger partial charge in [-0.15, -0.1) is 0 Å². The fraction of sp³-hybridized carbons (Fsp3) is 0.481. The summed E-state index contributed by atoms with van der Waals surface area (Å²) in [5.41, 5.74) is 1.13. The van der Waals surface area contributed by atoms with Crippen molar-refractivity contribution in [2.45, 2.75) is 31.5 Å². The molecule has 0 unspecified atom stereocenters. The van der Waals surface area contributed by atoms with E-state index in [0.717, 1.165) is 11.1 Å². The number of hydrogen-bond donors (Lipinski definition) is 0. The number of carbonyl (C=O) groups is 2. The second kappa shape index (κ2) is 11.2. The Balaban J connectivity index is 1.54. The van der Waals surface area contributed by atoms with Gasteiger partial charge in [-0.05, 0) is 24.5 Å². The van der Waals surface area contributed by atoms with Crippen molar-refractivity contribution >= 4 is 11.9 Å². The van der Waals surface area contributed by atoms with Crippen molar-refractivity contribution in [3.8, 4) is 17.2 Å². The quantitative estimate of drug-likeness (QED) is 0.467. The molecule has 0 atom stereocenters. The number of imide groups is 1. The molecule has 0 radical (unpaired) electrons. The van der Waals surface area contributed by atoms with Crippen LogP contribution in [0.5, 0.6) is 17.2 Å². The van der Waals surface area contributed by atoms with Gasteiger partial charge in [-0.2, -0.15) is 0 Å². The van der Waals surface area contributed by atoms with E-state index in [1.807, 2.05) is 42.5 Å². The average molecular weight is 498 g/mol. The van der Waals surface area contributed by atoms with Gasteiger partial charge in [-0.1, -0.05) is 36.4 Å². The van der Waals surface area contributed by atoms with Gasteiger partial charge in [0.05, 0.1) is 34.5 Å². The molecule has 0 saturated carbocycles. The first kappa shape index (κ1) is 25.8. The summed E-state index contributed by atoms with van der Waals surface area (Å²) in [7, 11) is 6.38. The van der Waals surface area contributed by atoms with Crippen molar-refractivity contribution in [2.75, 3.05) is 54.7 Å². The number of carbonyl (C=O) groups excluding carboxylic acids is 2. The molecule has 2 saturated heterocycles. The predicted octanol–water partition coefficient (Wildman–Crippen LogP) is 3.16. The highest BCUT2D eigenvalue weighted by Gasteiger charge is 2.57. The van der Waals surface area contributed by atoms with Crippen molar-refractivity contribution in [2.24, 2.45) is 0 Å². The molecule has 4 rings (SSSR count). The molecule has 0 bridgehead atoms. The maximum absolute atomic E-state index is 13.7. The standard InChI is InChI=1S/C27H35N3O6/c1-33-17-16-29-25(31)27(30(26(29)32)18-20-8-6-5-7-9-20)12-14-28(15-13-27)19-21-10-11-22(34-2)24(36-4)23(21)35-3/h5-11H,12-19H2,1-4H3. The van der Waals surface area contributed by atoms with Crippen LogP contribution in [0.1, 0.15) is 24.0 Å². The highest BCUT2D eigenvalue weighted by Crippen LogP contribution is 2.42. The third-order valence-electron chi connectivity index (χ3n) is 7.19. The molecule has 1 spiro atoms. The minimum absolute atomic E-state index is 0.121. The molecule has 0 aromatic heterocycles. The van der Waals surface area contributed by atoms with Crippen molar-refractivity contribution in [3.05, 3.63) is 53.6 Å². The first-order valence-corrected chi connectivity index (χ1v) is 12.2.